The third-order valence-electron chi connectivity index (χ3n) is 6.19. The maximum absolute atomic E-state index is 13.7. The van der Waals surface area contributed by atoms with Gasteiger partial charge in [-0.25, -0.2) is 0 Å². The largest absolute Gasteiger partial charge is 0.321 e. The van der Waals surface area contributed by atoms with E-state index in [-0.39, 0.29) is 11.5 Å². The molecule has 5 nitrogen and oxygen atoms in total. The Bertz CT molecular complexity index is 1370. The fourth-order valence-corrected chi connectivity index (χ4v) is 5.23. The molecule has 1 aliphatic heterocycles. The number of nitrogens with one attached hydrogen (secondary N) is 1. The first-order chi connectivity index (χ1) is 16.8. The van der Waals surface area contributed by atoms with Crippen LogP contribution in [0.3, 0.4) is 0 Å². The standard InChI is InChI=1S/C29H27N3O2S/c1-18-9-12-22(13-10-18)16-26-28(34)32(23-14-11-19(2)21(4)15-23)29(35-26)24(17-30)27(33)31-25-8-6-5-7-20(25)3/h5-15,26H,16H2,1-4H3,(H,31,33)/b29-24-. The van der Waals surface area contributed by atoms with Crippen molar-refractivity contribution in [2.45, 2.75) is 39.4 Å². The van der Waals surface area contributed by atoms with E-state index in [0.717, 1.165) is 27.8 Å². The molecule has 0 aromatic heterocycles. The molecule has 1 aliphatic rings. The Morgan fingerprint density at radius 3 is 2.34 bits per heavy atom. The number of amides is 2. The Hall–Kier alpha value is -3.82. The van der Waals surface area contributed by atoms with Crippen LogP contribution in [0.1, 0.15) is 27.8 Å². The average molecular weight is 482 g/mol. The number of carbonyl (C=O) groups is 2. The molecular weight excluding hydrogens is 454 g/mol. The van der Waals surface area contributed by atoms with E-state index >= 15 is 0 Å². The minimum Gasteiger partial charge on any atom is -0.321 e. The molecule has 1 fully saturated rings. The minimum absolute atomic E-state index is 0.0729. The second-order valence-corrected chi connectivity index (χ2v) is 9.99. The summed E-state index contributed by atoms with van der Waals surface area (Å²) in [5.74, 6) is -0.660. The third kappa shape index (κ3) is 5.16. The van der Waals surface area contributed by atoms with Crippen LogP contribution in [-0.2, 0) is 16.0 Å². The van der Waals surface area contributed by atoms with Crippen molar-refractivity contribution in [2.24, 2.45) is 0 Å². The van der Waals surface area contributed by atoms with Crippen LogP contribution in [-0.4, -0.2) is 17.1 Å². The quantitative estimate of drug-likeness (QED) is 0.359. The van der Waals surface area contributed by atoms with E-state index in [4.69, 9.17) is 0 Å². The van der Waals surface area contributed by atoms with Gasteiger partial charge in [-0.3, -0.25) is 14.5 Å². The summed E-state index contributed by atoms with van der Waals surface area (Å²) in [6.07, 6.45) is 0.507. The number of benzene rings is 3. The number of rotatable bonds is 5. The van der Waals surface area contributed by atoms with E-state index in [9.17, 15) is 14.9 Å². The van der Waals surface area contributed by atoms with Gasteiger partial charge < -0.3 is 5.32 Å². The van der Waals surface area contributed by atoms with Crippen LogP contribution < -0.4 is 10.2 Å². The van der Waals surface area contributed by atoms with Gasteiger partial charge in [0.2, 0.25) is 5.91 Å². The molecule has 0 aliphatic carbocycles. The molecule has 1 saturated heterocycles. The second-order valence-electron chi connectivity index (χ2n) is 8.80. The second kappa shape index (κ2) is 10.2. The van der Waals surface area contributed by atoms with E-state index < -0.39 is 11.2 Å². The normalized spacial score (nSPS) is 16.7. The molecule has 6 heteroatoms. The Kier molecular flexibility index (Phi) is 7.09. The summed E-state index contributed by atoms with van der Waals surface area (Å²) in [5.41, 5.74) is 6.43. The first-order valence-corrected chi connectivity index (χ1v) is 12.3. The molecule has 1 atom stereocenters. The van der Waals surface area contributed by atoms with E-state index in [1.807, 2.05) is 88.4 Å². The number of carbonyl (C=O) groups excluding carboxylic acids is 2. The summed E-state index contributed by atoms with van der Waals surface area (Å²) in [7, 11) is 0. The summed E-state index contributed by atoms with van der Waals surface area (Å²) in [5, 5.41) is 12.8. The van der Waals surface area contributed by atoms with Crippen LogP contribution in [0.15, 0.2) is 77.3 Å². The van der Waals surface area contributed by atoms with Crippen molar-refractivity contribution < 1.29 is 9.59 Å². The van der Waals surface area contributed by atoms with Gasteiger partial charge in [-0.15, -0.1) is 0 Å². The lowest BCUT2D eigenvalue weighted by atomic mass is 10.1. The van der Waals surface area contributed by atoms with Gasteiger partial charge in [0.15, 0.2) is 0 Å². The summed E-state index contributed by atoms with van der Waals surface area (Å²) in [6.45, 7) is 7.90. The molecule has 1 unspecified atom stereocenters. The predicted molar refractivity (Wildman–Crippen MR) is 142 cm³/mol. The predicted octanol–water partition coefficient (Wildman–Crippen LogP) is 5.99. The number of aryl methyl sites for hydroxylation is 4. The van der Waals surface area contributed by atoms with Crippen LogP contribution in [0.2, 0.25) is 0 Å². The van der Waals surface area contributed by atoms with Gasteiger partial charge in [0.25, 0.3) is 5.91 Å². The maximum Gasteiger partial charge on any atom is 0.269 e. The molecule has 176 valence electrons. The van der Waals surface area contributed by atoms with Gasteiger partial charge >= 0.3 is 0 Å². The molecule has 3 aromatic rings. The van der Waals surface area contributed by atoms with Crippen LogP contribution in [0.25, 0.3) is 0 Å². The highest BCUT2D eigenvalue weighted by atomic mass is 32.2. The van der Waals surface area contributed by atoms with Crippen molar-refractivity contribution in [3.8, 4) is 6.07 Å². The van der Waals surface area contributed by atoms with Gasteiger partial charge in [-0.2, -0.15) is 5.26 Å². The van der Waals surface area contributed by atoms with Crippen molar-refractivity contribution in [2.75, 3.05) is 10.2 Å². The number of para-hydroxylation sites is 1. The van der Waals surface area contributed by atoms with Crippen molar-refractivity contribution >= 4 is 35.0 Å². The van der Waals surface area contributed by atoms with Gasteiger partial charge in [-0.05, 0) is 74.6 Å². The van der Waals surface area contributed by atoms with Crippen LogP contribution in [0, 0.1) is 39.0 Å². The van der Waals surface area contributed by atoms with E-state index in [2.05, 4.69) is 11.4 Å². The number of thioether (sulfide) groups is 1. The van der Waals surface area contributed by atoms with E-state index in [1.165, 1.54) is 16.7 Å². The van der Waals surface area contributed by atoms with Crippen LogP contribution in [0.5, 0.6) is 0 Å². The molecule has 4 rings (SSSR count). The Morgan fingerprint density at radius 1 is 0.971 bits per heavy atom. The van der Waals surface area contributed by atoms with Gasteiger partial charge in [0, 0.05) is 11.4 Å². The van der Waals surface area contributed by atoms with Crippen molar-refractivity contribution in [1.29, 1.82) is 5.26 Å². The number of hydrogen-bond donors (Lipinski definition) is 1. The van der Waals surface area contributed by atoms with Gasteiger partial charge in [-0.1, -0.05) is 65.9 Å². The van der Waals surface area contributed by atoms with Crippen LogP contribution >= 0.6 is 11.8 Å². The fourth-order valence-electron chi connectivity index (χ4n) is 3.92. The highest BCUT2D eigenvalue weighted by Gasteiger charge is 2.41. The first-order valence-electron chi connectivity index (χ1n) is 11.4. The Balaban J connectivity index is 1.75. The number of nitriles is 1. The van der Waals surface area contributed by atoms with Crippen molar-refractivity contribution in [3.05, 3.63) is 105 Å². The third-order valence-corrected chi connectivity index (χ3v) is 7.45. The molecule has 0 spiro atoms. The van der Waals surface area contributed by atoms with Crippen molar-refractivity contribution in [1.82, 2.24) is 0 Å². The lowest BCUT2D eigenvalue weighted by Crippen LogP contribution is -2.31. The highest BCUT2D eigenvalue weighted by molar-refractivity contribution is 8.05. The van der Waals surface area contributed by atoms with E-state index in [0.29, 0.717) is 22.8 Å². The summed E-state index contributed by atoms with van der Waals surface area (Å²) in [6, 6.07) is 23.3. The van der Waals surface area contributed by atoms with Crippen molar-refractivity contribution in [3.63, 3.8) is 0 Å². The summed E-state index contributed by atoms with van der Waals surface area (Å²) < 4.78 is 0. The Labute approximate surface area is 210 Å². The zero-order valence-corrected chi connectivity index (χ0v) is 21.1. The number of hydrogen-bond acceptors (Lipinski definition) is 4. The topological polar surface area (TPSA) is 73.2 Å². The minimum atomic E-state index is -0.526. The molecule has 3 aromatic carbocycles. The summed E-state index contributed by atoms with van der Waals surface area (Å²) >= 11 is 1.28. The average Bonchev–Trinajstić information content (AvgIpc) is 3.14. The zero-order chi connectivity index (χ0) is 25.1. The smallest absolute Gasteiger partial charge is 0.269 e. The number of anilines is 2. The number of nitrogens with zero attached hydrogens (tertiary/aromatic N) is 2. The fraction of sp³-hybridized carbons (Fsp3) is 0.207. The van der Waals surface area contributed by atoms with E-state index in [1.54, 1.807) is 6.07 Å². The molecule has 2 amide bonds. The molecule has 35 heavy (non-hydrogen) atoms. The molecule has 1 heterocycles. The maximum atomic E-state index is 13.7. The molecule has 0 saturated carbocycles. The monoisotopic (exact) mass is 481 g/mol. The summed E-state index contributed by atoms with van der Waals surface area (Å²) in [4.78, 5) is 28.4. The van der Waals surface area contributed by atoms with Crippen LogP contribution in [0.4, 0.5) is 11.4 Å². The van der Waals surface area contributed by atoms with Gasteiger partial charge in [0.1, 0.15) is 16.7 Å². The first kappa shape index (κ1) is 24.3. The molecule has 1 N–H and O–H groups in total. The Morgan fingerprint density at radius 2 is 1.69 bits per heavy atom. The molecular formula is C29H27N3O2S. The molecule has 0 bridgehead atoms. The zero-order valence-electron chi connectivity index (χ0n) is 20.3. The SMILES string of the molecule is Cc1ccc(CC2S/C(=C(/C#N)C(=O)Nc3ccccc3C)N(c3ccc(C)c(C)c3)C2=O)cc1. The molecule has 0 radical (unpaired) electrons. The van der Waals surface area contributed by atoms with Gasteiger partial charge in [0.05, 0.1) is 5.25 Å². The highest BCUT2D eigenvalue weighted by Crippen LogP contribution is 2.42. The lowest BCUT2D eigenvalue weighted by Gasteiger charge is -2.20. The lowest BCUT2D eigenvalue weighted by molar-refractivity contribution is -0.117.